The van der Waals surface area contributed by atoms with Crippen LogP contribution in [0.4, 0.5) is 41.9 Å². The van der Waals surface area contributed by atoms with Crippen LogP contribution in [0, 0.1) is 29.0 Å². The average Bonchev–Trinajstić information content (AvgIpc) is 1.28. The molecule has 4 aliphatic heterocycles. The highest BCUT2D eigenvalue weighted by atomic mass is 79.9. The van der Waals surface area contributed by atoms with Gasteiger partial charge in [-0.15, -0.1) is 5.26 Å². The number of nitriles is 1. The Balaban J connectivity index is 0.000000141. The van der Waals surface area contributed by atoms with Crippen LogP contribution < -0.4 is 34.7 Å². The quantitative estimate of drug-likeness (QED) is 0.0744. The van der Waals surface area contributed by atoms with Crippen molar-refractivity contribution >= 4 is 103 Å². The lowest BCUT2D eigenvalue weighted by Crippen LogP contribution is -2.52. The molecule has 3 fully saturated rings. The molecule has 21 nitrogen and oxygen atoms in total. The van der Waals surface area contributed by atoms with Gasteiger partial charge in [-0.25, -0.2) is 28.1 Å². The van der Waals surface area contributed by atoms with Crippen LogP contribution in [-0.4, -0.2) is 114 Å². The van der Waals surface area contributed by atoms with Crippen LogP contribution >= 0.6 is 31.9 Å². The van der Waals surface area contributed by atoms with Crippen LogP contribution in [0.15, 0.2) is 143 Å². The number of halogens is 5. The molecule has 9 heterocycles. The Hall–Kier alpha value is -9.10. The second-order valence-corrected chi connectivity index (χ2v) is 27.8. The summed E-state index contributed by atoms with van der Waals surface area (Å²) in [5.41, 5.74) is 6.69. The first-order valence-electron chi connectivity index (χ1n) is 32.7. The van der Waals surface area contributed by atoms with Crippen LogP contribution in [0.2, 0.25) is 0 Å². The van der Waals surface area contributed by atoms with Gasteiger partial charge in [-0.05, 0) is 215 Å². The van der Waals surface area contributed by atoms with Gasteiger partial charge in [0.25, 0.3) is 6.26 Å². The van der Waals surface area contributed by atoms with Crippen LogP contribution in [-0.2, 0) is 52.5 Å². The summed E-state index contributed by atoms with van der Waals surface area (Å²) in [4.78, 5) is 84.0. The van der Waals surface area contributed by atoms with Gasteiger partial charge in [-0.3, -0.25) is 43.1 Å². The SMILES string of the molecule is CC(=O)N1c2ccc(-c3cnn(C4CC4)c3)nc2N(C(=O)Cc2ccc(F)cc2)C[C@@H]1C.CC(=O)N1c2ccc(Br)nc2CC[C@@H]1C.CC(=O)N1c2ccc(Br)nc2N(C(=O)Cc2ccc(F)cc2)C[C@@H]1C.CC1(C)OB(c2cnn(C3CC3)c2)OC1(C)C.N#COc1ccc(F)cc1. The maximum absolute atomic E-state index is 13.3. The molecule has 0 radical (unpaired) electrons. The van der Waals surface area contributed by atoms with Gasteiger partial charge < -0.3 is 28.7 Å². The normalized spacial score (nSPS) is 18.4. The number of hydrogen-bond donors (Lipinski definition) is 0. The Morgan fingerprint density at radius 1 is 0.566 bits per heavy atom. The van der Waals surface area contributed by atoms with E-state index in [0.717, 1.165) is 63.8 Å². The number of fused-ring (bicyclic) bond motifs is 3. The molecule has 5 amide bonds. The Bertz CT molecular complexity index is 4280. The molecular weight excluding hydrogens is 1400 g/mol. The fourth-order valence-corrected chi connectivity index (χ4v) is 12.5. The number of nitrogens with zero attached hydrogens (tertiary/aromatic N) is 13. The van der Waals surface area contributed by atoms with Crippen molar-refractivity contribution in [3.05, 3.63) is 177 Å². The lowest BCUT2D eigenvalue weighted by molar-refractivity contribution is -0.119. The van der Waals surface area contributed by atoms with Gasteiger partial charge in [0.2, 0.25) is 29.5 Å². The number of hydrogen-bond acceptors (Lipinski definition) is 14. The number of pyridine rings is 3. The number of carbonyl (C=O) groups excluding carboxylic acids is 5. The zero-order valence-corrected chi connectivity index (χ0v) is 59.9. The largest absolute Gasteiger partial charge is 0.498 e. The van der Waals surface area contributed by atoms with E-state index in [4.69, 9.17) is 19.6 Å². The van der Waals surface area contributed by atoms with Gasteiger partial charge in [-0.1, -0.05) is 24.3 Å². The van der Waals surface area contributed by atoms with E-state index in [1.54, 1.807) is 69.1 Å². The molecule has 3 atom stereocenters. The second kappa shape index (κ2) is 31.0. The summed E-state index contributed by atoms with van der Waals surface area (Å²) < 4.78 is 60.3. The third-order valence-electron chi connectivity index (χ3n) is 17.9. The summed E-state index contributed by atoms with van der Waals surface area (Å²) in [6, 6.07) is 29.1. The van der Waals surface area contributed by atoms with Crippen molar-refractivity contribution in [2.45, 2.75) is 162 Å². The van der Waals surface area contributed by atoms with Crippen molar-refractivity contribution in [3.63, 3.8) is 0 Å². The molecule has 2 saturated carbocycles. The predicted molar refractivity (Wildman–Crippen MR) is 378 cm³/mol. The molecule has 6 aliphatic rings. The van der Waals surface area contributed by atoms with Crippen molar-refractivity contribution in [2.24, 2.45) is 0 Å². The Labute approximate surface area is 590 Å². The summed E-state index contributed by atoms with van der Waals surface area (Å²) in [5.74, 6) is -0.147. The van der Waals surface area contributed by atoms with Crippen molar-refractivity contribution in [1.29, 1.82) is 5.26 Å². The fourth-order valence-electron chi connectivity index (χ4n) is 11.9. The van der Waals surface area contributed by atoms with E-state index in [1.807, 2.05) is 64.8 Å². The average molecular weight is 1480 g/mol. The number of amides is 5. The molecule has 0 unspecified atom stereocenters. The number of benzene rings is 3. The number of aryl methyl sites for hydroxylation is 1. The molecule has 8 aromatic rings. The molecule has 3 aromatic carbocycles. The van der Waals surface area contributed by atoms with Gasteiger partial charge >= 0.3 is 7.12 Å². The van der Waals surface area contributed by atoms with Gasteiger partial charge in [0.05, 0.1) is 82.9 Å². The Morgan fingerprint density at radius 2 is 1.00 bits per heavy atom. The van der Waals surface area contributed by atoms with Crippen LogP contribution in [0.3, 0.4) is 0 Å². The van der Waals surface area contributed by atoms with E-state index in [1.165, 1.54) is 81.5 Å². The zero-order chi connectivity index (χ0) is 71.2. The highest BCUT2D eigenvalue weighted by Gasteiger charge is 2.52. The first-order valence-corrected chi connectivity index (χ1v) is 34.2. The molecule has 99 heavy (non-hydrogen) atoms. The number of anilines is 5. The molecule has 0 bridgehead atoms. The smallest absolute Gasteiger partial charge is 0.399 e. The van der Waals surface area contributed by atoms with E-state index in [2.05, 4.69) is 97.6 Å². The third-order valence-corrected chi connectivity index (χ3v) is 18.8. The van der Waals surface area contributed by atoms with Gasteiger partial charge in [0, 0.05) is 69.5 Å². The number of ether oxygens (including phenoxy) is 1. The number of rotatable bonds is 9. The predicted octanol–water partition coefficient (Wildman–Crippen LogP) is 12.8. The first-order chi connectivity index (χ1) is 47.1. The van der Waals surface area contributed by atoms with Crippen LogP contribution in [0.1, 0.15) is 130 Å². The van der Waals surface area contributed by atoms with Crippen LogP contribution in [0.25, 0.3) is 11.3 Å². The molecule has 2 aliphatic carbocycles. The van der Waals surface area contributed by atoms with E-state index >= 15 is 0 Å². The van der Waals surface area contributed by atoms with Crippen molar-refractivity contribution in [1.82, 2.24) is 34.5 Å². The molecule has 0 N–H and O–H groups in total. The third kappa shape index (κ3) is 17.7. The summed E-state index contributed by atoms with van der Waals surface area (Å²) in [6.07, 6.45) is 16.1. The minimum absolute atomic E-state index is 0.0903. The number of carbonyl (C=O) groups is 5. The fraction of sp³-hybridized carbons (Fsp3) is 0.375. The van der Waals surface area contributed by atoms with E-state index in [0.29, 0.717) is 64.2 Å². The Kier molecular flexibility index (Phi) is 22.7. The standard InChI is InChI=1S/C24H24FN5O2.C18H17BrFN3O2.C12H19BN2O2.C11H13BrN2O.C7H4FNO/c1-15-13-28(23(32)11-17-3-5-19(25)6-4-17)24-22(30(15)16(2)31)10-9-21(27-24)18-12-26-29(14-18)20-7-8-20;1-11-10-22(17(25)9-13-3-5-14(20)6-4-13)18-15(23(11)12(2)24)7-8-16(19)21-18;1-11(2)12(3,4)17-13(16-11)9-7-14-15(8-9)10-5-6-10;1-7-3-4-9-10(14(7)8(2)15)5-6-11(12)13-9;8-6-1-3-7(4-2-6)10-5-9/h3-6,9-10,12,14-15,20H,7-8,11,13H2,1-2H3;3-8,11H,9-10H2,1-2H3;7-8,10H,5-6H2,1-4H3;5-7H,3-4H2,1-2H3;1-4H/t15-;11-;;7-;/m00.0./s1. The molecule has 27 heteroatoms. The molecule has 14 rings (SSSR count). The molecule has 5 aromatic heterocycles. The summed E-state index contributed by atoms with van der Waals surface area (Å²) >= 11 is 6.67. The van der Waals surface area contributed by atoms with Gasteiger partial charge in [0.1, 0.15) is 32.4 Å². The topological polar surface area (TPSA) is 227 Å². The Morgan fingerprint density at radius 3 is 1.48 bits per heavy atom. The van der Waals surface area contributed by atoms with Crippen molar-refractivity contribution in [2.75, 3.05) is 37.6 Å². The van der Waals surface area contributed by atoms with Crippen molar-refractivity contribution < 1.29 is 51.2 Å². The van der Waals surface area contributed by atoms with E-state index < -0.39 is 0 Å². The summed E-state index contributed by atoms with van der Waals surface area (Å²) in [6.45, 7) is 19.5. The summed E-state index contributed by atoms with van der Waals surface area (Å²) in [7, 11) is -0.285. The number of aromatic nitrogens is 7. The van der Waals surface area contributed by atoms with E-state index in [9.17, 15) is 37.1 Å². The summed E-state index contributed by atoms with van der Waals surface area (Å²) in [5, 5.41) is 16.8. The maximum atomic E-state index is 13.3. The van der Waals surface area contributed by atoms with Gasteiger partial charge in [-0.2, -0.15) is 10.2 Å². The molecular formula is C72H77BBr2F3N13O8. The lowest BCUT2D eigenvalue weighted by Gasteiger charge is -2.40. The maximum Gasteiger partial charge on any atom is 0.498 e. The lowest BCUT2D eigenvalue weighted by atomic mass is 9.82. The monoisotopic (exact) mass is 1480 g/mol. The highest BCUT2D eigenvalue weighted by molar-refractivity contribution is 9.10. The minimum atomic E-state index is -0.342. The van der Waals surface area contributed by atoms with Crippen molar-refractivity contribution in [3.8, 4) is 23.3 Å². The minimum Gasteiger partial charge on any atom is -0.399 e. The highest BCUT2D eigenvalue weighted by Crippen LogP contribution is 2.41. The first kappa shape index (κ1) is 72.6. The molecule has 1 saturated heterocycles. The zero-order valence-electron chi connectivity index (χ0n) is 56.7. The van der Waals surface area contributed by atoms with E-state index in [-0.39, 0.29) is 96.3 Å². The molecule has 516 valence electrons. The second-order valence-electron chi connectivity index (χ2n) is 26.1. The molecule has 0 spiro atoms. The van der Waals surface area contributed by atoms with Gasteiger partial charge in [0.15, 0.2) is 11.6 Å². The van der Waals surface area contributed by atoms with Crippen LogP contribution in [0.5, 0.6) is 5.75 Å².